The second kappa shape index (κ2) is 6.63. The molecule has 0 aliphatic carbocycles. The zero-order valence-electron chi connectivity index (χ0n) is 13.9. The van der Waals surface area contributed by atoms with Gasteiger partial charge in [-0.3, -0.25) is 0 Å². The molecule has 130 valence electrons. The van der Waals surface area contributed by atoms with Gasteiger partial charge >= 0.3 is 0 Å². The molecule has 0 saturated carbocycles. The van der Waals surface area contributed by atoms with Crippen molar-refractivity contribution in [3.8, 4) is 11.7 Å². The van der Waals surface area contributed by atoms with Crippen LogP contribution in [0.2, 0.25) is 0 Å². The first-order valence-electron chi connectivity index (χ1n) is 7.87. The van der Waals surface area contributed by atoms with Crippen LogP contribution < -0.4 is 11.1 Å². The average molecular weight is 349 g/mol. The topological polar surface area (TPSA) is 129 Å². The number of nitrogens with one attached hydrogen (secondary N) is 1. The Hall–Kier alpha value is -3.75. The second-order valence-electron chi connectivity index (χ2n) is 5.54. The van der Waals surface area contributed by atoms with Gasteiger partial charge < -0.3 is 20.0 Å². The van der Waals surface area contributed by atoms with Gasteiger partial charge in [0.05, 0.1) is 12.7 Å². The molecule has 4 aromatic rings. The molecule has 26 heavy (non-hydrogen) atoms. The van der Waals surface area contributed by atoms with Crippen LogP contribution >= 0.6 is 0 Å². The van der Waals surface area contributed by atoms with Gasteiger partial charge in [-0.05, 0) is 30.7 Å². The van der Waals surface area contributed by atoms with Crippen molar-refractivity contribution in [3.05, 3.63) is 59.9 Å². The zero-order valence-corrected chi connectivity index (χ0v) is 13.9. The fourth-order valence-corrected chi connectivity index (χ4v) is 2.37. The van der Waals surface area contributed by atoms with E-state index in [0.717, 1.165) is 11.3 Å². The number of para-hydroxylation sites is 1. The van der Waals surface area contributed by atoms with Crippen molar-refractivity contribution >= 4 is 17.6 Å². The molecule has 0 bridgehead atoms. The summed E-state index contributed by atoms with van der Waals surface area (Å²) in [5.74, 6) is 2.12. The molecule has 0 atom stereocenters. The summed E-state index contributed by atoms with van der Waals surface area (Å²) in [7, 11) is 0. The van der Waals surface area contributed by atoms with E-state index in [2.05, 4.69) is 30.4 Å². The predicted octanol–water partition coefficient (Wildman–Crippen LogP) is 2.74. The summed E-state index contributed by atoms with van der Waals surface area (Å²) in [5.41, 5.74) is 7.76. The monoisotopic (exact) mass is 349 g/mol. The molecular formula is C17H15N7O2. The van der Waals surface area contributed by atoms with Gasteiger partial charge in [-0.15, -0.1) is 0 Å². The van der Waals surface area contributed by atoms with Crippen LogP contribution in [0.25, 0.3) is 11.7 Å². The van der Waals surface area contributed by atoms with E-state index >= 15 is 0 Å². The molecule has 0 fully saturated rings. The minimum Gasteiger partial charge on any atom is -0.459 e. The van der Waals surface area contributed by atoms with Crippen molar-refractivity contribution in [2.24, 2.45) is 0 Å². The van der Waals surface area contributed by atoms with Crippen LogP contribution in [-0.2, 0) is 6.42 Å². The lowest BCUT2D eigenvalue weighted by molar-refractivity contribution is 0.410. The van der Waals surface area contributed by atoms with Crippen LogP contribution in [0.3, 0.4) is 0 Å². The Balaban J connectivity index is 1.56. The van der Waals surface area contributed by atoms with Crippen LogP contribution in [0.15, 0.2) is 51.6 Å². The Labute approximate surface area is 148 Å². The normalized spacial score (nSPS) is 10.8. The molecule has 3 heterocycles. The molecule has 1 aromatic carbocycles. The van der Waals surface area contributed by atoms with Crippen molar-refractivity contribution in [1.82, 2.24) is 25.1 Å². The first kappa shape index (κ1) is 15.8. The number of hydrogen-bond acceptors (Lipinski definition) is 9. The van der Waals surface area contributed by atoms with Crippen LogP contribution in [0.5, 0.6) is 0 Å². The number of hydrogen-bond donors (Lipinski definition) is 2. The van der Waals surface area contributed by atoms with E-state index in [1.54, 1.807) is 12.1 Å². The molecule has 0 saturated heterocycles. The van der Waals surface area contributed by atoms with Crippen LogP contribution in [0, 0.1) is 6.92 Å². The number of nitrogen functional groups attached to an aromatic ring is 1. The van der Waals surface area contributed by atoms with Gasteiger partial charge in [-0.1, -0.05) is 23.4 Å². The minimum atomic E-state index is 0.112. The smallest absolute Gasteiger partial charge is 0.293 e. The maximum absolute atomic E-state index is 5.81. The fourth-order valence-electron chi connectivity index (χ4n) is 2.37. The van der Waals surface area contributed by atoms with Crippen molar-refractivity contribution in [3.63, 3.8) is 0 Å². The van der Waals surface area contributed by atoms with Gasteiger partial charge in [0.25, 0.3) is 5.89 Å². The van der Waals surface area contributed by atoms with Gasteiger partial charge in [-0.2, -0.15) is 19.9 Å². The largest absolute Gasteiger partial charge is 0.459 e. The maximum atomic E-state index is 5.81. The van der Waals surface area contributed by atoms with Crippen molar-refractivity contribution < 1.29 is 8.94 Å². The van der Waals surface area contributed by atoms with Gasteiger partial charge in [-0.25, -0.2) is 0 Å². The highest BCUT2D eigenvalue weighted by Gasteiger charge is 2.14. The number of aromatic nitrogens is 5. The Kier molecular flexibility index (Phi) is 4.02. The van der Waals surface area contributed by atoms with Crippen molar-refractivity contribution in [1.29, 1.82) is 0 Å². The molecule has 0 amide bonds. The van der Waals surface area contributed by atoms with E-state index in [1.165, 1.54) is 6.26 Å². The average Bonchev–Trinajstić information content (AvgIpc) is 3.28. The number of nitrogens with zero attached hydrogens (tertiary/aromatic N) is 5. The molecule has 3 N–H and O–H groups in total. The maximum Gasteiger partial charge on any atom is 0.293 e. The second-order valence-corrected chi connectivity index (χ2v) is 5.54. The van der Waals surface area contributed by atoms with Gasteiger partial charge in [0.15, 0.2) is 11.6 Å². The molecule has 4 rings (SSSR count). The van der Waals surface area contributed by atoms with Crippen molar-refractivity contribution in [2.75, 3.05) is 11.1 Å². The number of aryl methyl sites for hydroxylation is 1. The van der Waals surface area contributed by atoms with E-state index < -0.39 is 0 Å². The van der Waals surface area contributed by atoms with Gasteiger partial charge in [0, 0.05) is 5.69 Å². The first-order valence-corrected chi connectivity index (χ1v) is 7.87. The minimum absolute atomic E-state index is 0.112. The van der Waals surface area contributed by atoms with Crippen LogP contribution in [-0.4, -0.2) is 25.1 Å². The number of benzene rings is 1. The first-order chi connectivity index (χ1) is 12.7. The molecule has 0 unspecified atom stereocenters. The molecule has 0 aliphatic heterocycles. The molecule has 0 spiro atoms. The third kappa shape index (κ3) is 3.36. The molecule has 3 aromatic heterocycles. The SMILES string of the molecule is Cc1ccccc1Nc1nc(N)nc(Cc2noc(-c3ccco3)n2)n1. The quantitative estimate of drug-likeness (QED) is 0.558. The third-order valence-electron chi connectivity index (χ3n) is 3.61. The van der Waals surface area contributed by atoms with E-state index in [1.807, 2.05) is 31.2 Å². The Morgan fingerprint density at radius 2 is 1.88 bits per heavy atom. The summed E-state index contributed by atoms with van der Waals surface area (Å²) < 4.78 is 10.4. The zero-order chi connectivity index (χ0) is 17.9. The summed E-state index contributed by atoms with van der Waals surface area (Å²) in [6, 6.07) is 11.3. The van der Waals surface area contributed by atoms with Gasteiger partial charge in [0.2, 0.25) is 11.9 Å². The van der Waals surface area contributed by atoms with E-state index in [9.17, 15) is 0 Å². The van der Waals surface area contributed by atoms with Crippen molar-refractivity contribution in [2.45, 2.75) is 13.3 Å². The molecule has 9 heteroatoms. The van der Waals surface area contributed by atoms with Crippen LogP contribution in [0.1, 0.15) is 17.2 Å². The van der Waals surface area contributed by atoms with E-state index in [0.29, 0.717) is 29.2 Å². The summed E-state index contributed by atoms with van der Waals surface area (Å²) in [6.07, 6.45) is 1.79. The lowest BCUT2D eigenvalue weighted by Crippen LogP contribution is -2.08. The predicted molar refractivity (Wildman–Crippen MR) is 93.5 cm³/mol. The Morgan fingerprint density at radius 1 is 1.00 bits per heavy atom. The van der Waals surface area contributed by atoms with Crippen LogP contribution in [0.4, 0.5) is 17.6 Å². The number of anilines is 3. The third-order valence-corrected chi connectivity index (χ3v) is 3.61. The summed E-state index contributed by atoms with van der Waals surface area (Å²) in [4.78, 5) is 16.9. The lowest BCUT2D eigenvalue weighted by atomic mass is 10.2. The molecular weight excluding hydrogens is 334 g/mol. The molecule has 0 aliphatic rings. The number of nitrogens with two attached hydrogens (primary N) is 1. The number of furan rings is 1. The molecule has 0 radical (unpaired) electrons. The fraction of sp³-hybridized carbons (Fsp3) is 0.118. The highest BCUT2D eigenvalue weighted by molar-refractivity contribution is 5.58. The summed E-state index contributed by atoms with van der Waals surface area (Å²) in [6.45, 7) is 1.99. The van der Waals surface area contributed by atoms with Gasteiger partial charge in [0.1, 0.15) is 5.82 Å². The highest BCUT2D eigenvalue weighted by Crippen LogP contribution is 2.20. The Bertz CT molecular complexity index is 1030. The standard InChI is InChI=1S/C17H15N7O2/c1-10-5-2-3-6-11(10)19-17-22-13(21-16(18)23-17)9-14-20-15(26-24-14)12-7-4-8-25-12/h2-8H,9H2,1H3,(H3,18,19,21,22,23). The summed E-state index contributed by atoms with van der Waals surface area (Å²) in [5, 5.41) is 7.06. The summed E-state index contributed by atoms with van der Waals surface area (Å²) >= 11 is 0. The number of rotatable bonds is 5. The molecule has 9 nitrogen and oxygen atoms in total. The van der Waals surface area contributed by atoms with E-state index in [-0.39, 0.29) is 12.4 Å². The Morgan fingerprint density at radius 3 is 2.69 bits per heavy atom. The lowest BCUT2D eigenvalue weighted by Gasteiger charge is -2.08. The van der Waals surface area contributed by atoms with E-state index in [4.69, 9.17) is 14.7 Å². The highest BCUT2D eigenvalue weighted by atomic mass is 16.5.